The zero-order chi connectivity index (χ0) is 17.8. The summed E-state index contributed by atoms with van der Waals surface area (Å²) in [6.07, 6.45) is 2.02. The topological polar surface area (TPSA) is 42.4 Å². The molecule has 0 radical (unpaired) electrons. The third-order valence-electron chi connectivity index (χ3n) is 3.85. The number of thioether (sulfide) groups is 1. The van der Waals surface area contributed by atoms with Crippen LogP contribution >= 0.6 is 23.4 Å². The van der Waals surface area contributed by atoms with Gasteiger partial charge in [0.1, 0.15) is 11.1 Å². The number of amides is 1. The Kier molecular flexibility index (Phi) is 5.86. The standard InChI is InChI=1S/C19H21ClN2O2S/c1-13(2)25-16-7-5-14(6-8-16)10-18(23)22-11-15(12-22)24-19-17(20)4-3-9-21-19/h3-9,13,15H,10-12H2,1-2H3. The van der Waals surface area contributed by atoms with Crippen LogP contribution in [0.1, 0.15) is 19.4 Å². The molecule has 1 aromatic carbocycles. The maximum Gasteiger partial charge on any atom is 0.232 e. The highest BCUT2D eigenvalue weighted by Gasteiger charge is 2.32. The Labute approximate surface area is 157 Å². The summed E-state index contributed by atoms with van der Waals surface area (Å²) in [7, 11) is 0. The van der Waals surface area contributed by atoms with Crippen LogP contribution in [-0.4, -0.2) is 40.2 Å². The summed E-state index contributed by atoms with van der Waals surface area (Å²) in [6, 6.07) is 11.7. The number of halogens is 1. The van der Waals surface area contributed by atoms with Crippen LogP contribution in [0.2, 0.25) is 5.02 Å². The van der Waals surface area contributed by atoms with Crippen molar-refractivity contribution in [2.75, 3.05) is 13.1 Å². The number of carbonyl (C=O) groups excluding carboxylic acids is 1. The first-order valence-electron chi connectivity index (χ1n) is 8.32. The Morgan fingerprint density at radius 3 is 2.68 bits per heavy atom. The molecule has 0 unspecified atom stereocenters. The van der Waals surface area contributed by atoms with Gasteiger partial charge in [-0.2, -0.15) is 0 Å². The maximum absolute atomic E-state index is 12.3. The number of benzene rings is 1. The lowest BCUT2D eigenvalue weighted by molar-refractivity contribution is -0.139. The molecule has 1 aliphatic rings. The fraction of sp³-hybridized carbons (Fsp3) is 0.368. The number of carbonyl (C=O) groups is 1. The minimum atomic E-state index is -0.0406. The predicted molar refractivity (Wildman–Crippen MR) is 101 cm³/mol. The molecule has 1 fully saturated rings. The van der Waals surface area contributed by atoms with Crippen LogP contribution in [0.4, 0.5) is 0 Å². The smallest absolute Gasteiger partial charge is 0.232 e. The van der Waals surface area contributed by atoms with Gasteiger partial charge < -0.3 is 9.64 Å². The van der Waals surface area contributed by atoms with E-state index in [1.54, 1.807) is 23.2 Å². The Morgan fingerprint density at radius 2 is 2.04 bits per heavy atom. The second kappa shape index (κ2) is 8.11. The molecule has 0 N–H and O–H groups in total. The molecule has 1 amide bonds. The van der Waals surface area contributed by atoms with Gasteiger partial charge in [-0.3, -0.25) is 4.79 Å². The van der Waals surface area contributed by atoms with E-state index in [9.17, 15) is 4.79 Å². The van der Waals surface area contributed by atoms with E-state index in [2.05, 4.69) is 31.0 Å². The Balaban J connectivity index is 1.47. The summed E-state index contributed by atoms with van der Waals surface area (Å²) in [5, 5.41) is 1.05. The fourth-order valence-corrected chi connectivity index (χ4v) is 3.58. The molecule has 0 bridgehead atoms. The van der Waals surface area contributed by atoms with E-state index in [4.69, 9.17) is 16.3 Å². The molecule has 3 rings (SSSR count). The summed E-state index contributed by atoms with van der Waals surface area (Å²) in [6.45, 7) is 5.49. The van der Waals surface area contributed by atoms with Crippen LogP contribution in [0.25, 0.3) is 0 Å². The number of hydrogen-bond acceptors (Lipinski definition) is 4. The molecule has 0 aliphatic carbocycles. The highest BCUT2D eigenvalue weighted by atomic mass is 35.5. The quantitative estimate of drug-likeness (QED) is 0.713. The van der Waals surface area contributed by atoms with Crippen molar-refractivity contribution in [1.29, 1.82) is 0 Å². The van der Waals surface area contributed by atoms with Gasteiger partial charge in [-0.25, -0.2) is 4.98 Å². The average molecular weight is 377 g/mol. The van der Waals surface area contributed by atoms with Crippen molar-refractivity contribution in [1.82, 2.24) is 9.88 Å². The summed E-state index contributed by atoms with van der Waals surface area (Å²) >= 11 is 7.85. The summed E-state index contributed by atoms with van der Waals surface area (Å²) < 4.78 is 5.72. The van der Waals surface area contributed by atoms with Crippen LogP contribution in [0.3, 0.4) is 0 Å². The van der Waals surface area contributed by atoms with E-state index < -0.39 is 0 Å². The van der Waals surface area contributed by atoms with Gasteiger partial charge in [0.2, 0.25) is 11.8 Å². The van der Waals surface area contributed by atoms with Gasteiger partial charge in [0.25, 0.3) is 0 Å². The number of pyridine rings is 1. The zero-order valence-electron chi connectivity index (χ0n) is 14.3. The molecule has 0 spiro atoms. The molecule has 2 heterocycles. The first kappa shape index (κ1) is 18.1. The highest BCUT2D eigenvalue weighted by Crippen LogP contribution is 2.25. The molecule has 0 atom stereocenters. The van der Waals surface area contributed by atoms with Crippen molar-refractivity contribution in [2.45, 2.75) is 36.5 Å². The molecular formula is C19H21ClN2O2S. The van der Waals surface area contributed by atoms with Crippen molar-refractivity contribution in [3.63, 3.8) is 0 Å². The third kappa shape index (κ3) is 4.89. The van der Waals surface area contributed by atoms with Crippen LogP contribution in [0, 0.1) is 0 Å². The number of likely N-dealkylation sites (tertiary alicyclic amines) is 1. The van der Waals surface area contributed by atoms with E-state index in [1.165, 1.54) is 4.90 Å². The first-order chi connectivity index (χ1) is 12.0. The molecule has 1 aromatic heterocycles. The molecule has 1 saturated heterocycles. The molecule has 4 nitrogen and oxygen atoms in total. The van der Waals surface area contributed by atoms with Gasteiger partial charge in [0, 0.05) is 16.3 Å². The van der Waals surface area contributed by atoms with Crippen LogP contribution in [0.15, 0.2) is 47.5 Å². The van der Waals surface area contributed by atoms with Gasteiger partial charge >= 0.3 is 0 Å². The number of aromatic nitrogens is 1. The Morgan fingerprint density at radius 1 is 1.32 bits per heavy atom. The number of hydrogen-bond donors (Lipinski definition) is 0. The monoisotopic (exact) mass is 376 g/mol. The predicted octanol–water partition coefficient (Wildman–Crippen LogP) is 4.07. The Hall–Kier alpha value is -1.72. The minimum absolute atomic E-state index is 0.0406. The van der Waals surface area contributed by atoms with Crippen LogP contribution in [-0.2, 0) is 11.2 Å². The van der Waals surface area contributed by atoms with Crippen molar-refractivity contribution in [3.05, 3.63) is 53.2 Å². The largest absolute Gasteiger partial charge is 0.470 e. The molecule has 132 valence electrons. The SMILES string of the molecule is CC(C)Sc1ccc(CC(=O)N2CC(Oc3ncccc3Cl)C2)cc1. The number of nitrogens with zero attached hydrogens (tertiary/aromatic N) is 2. The van der Waals surface area contributed by atoms with E-state index >= 15 is 0 Å². The van der Waals surface area contributed by atoms with Gasteiger partial charge in [0.15, 0.2) is 0 Å². The van der Waals surface area contributed by atoms with Gasteiger partial charge in [0.05, 0.1) is 19.5 Å². The van der Waals surface area contributed by atoms with E-state index in [-0.39, 0.29) is 12.0 Å². The summed E-state index contributed by atoms with van der Waals surface area (Å²) in [5.41, 5.74) is 1.04. The van der Waals surface area contributed by atoms with Crippen molar-refractivity contribution in [2.24, 2.45) is 0 Å². The van der Waals surface area contributed by atoms with Gasteiger partial charge in [-0.05, 0) is 29.8 Å². The van der Waals surface area contributed by atoms with E-state index in [1.807, 2.05) is 23.9 Å². The van der Waals surface area contributed by atoms with Crippen LogP contribution in [0.5, 0.6) is 5.88 Å². The number of rotatable bonds is 6. The molecular weight excluding hydrogens is 356 g/mol. The van der Waals surface area contributed by atoms with Gasteiger partial charge in [-0.1, -0.05) is 37.6 Å². The second-order valence-electron chi connectivity index (χ2n) is 6.32. The molecule has 0 saturated carbocycles. The second-order valence-corrected chi connectivity index (χ2v) is 8.37. The summed E-state index contributed by atoms with van der Waals surface area (Å²) in [4.78, 5) is 19.5. The molecule has 1 aliphatic heterocycles. The third-order valence-corrected chi connectivity index (χ3v) is 5.16. The Bertz CT molecular complexity index is 730. The average Bonchev–Trinajstić information content (AvgIpc) is 2.53. The fourth-order valence-electron chi connectivity index (χ4n) is 2.58. The molecule has 6 heteroatoms. The van der Waals surface area contributed by atoms with Crippen LogP contribution < -0.4 is 4.74 Å². The molecule has 2 aromatic rings. The highest BCUT2D eigenvalue weighted by molar-refractivity contribution is 7.99. The lowest BCUT2D eigenvalue weighted by atomic mass is 10.1. The van der Waals surface area contributed by atoms with E-state index in [0.29, 0.717) is 35.7 Å². The normalized spacial score (nSPS) is 14.5. The van der Waals surface area contributed by atoms with Crippen molar-refractivity contribution in [3.8, 4) is 5.88 Å². The lowest BCUT2D eigenvalue weighted by Gasteiger charge is -2.38. The van der Waals surface area contributed by atoms with Crippen molar-refractivity contribution < 1.29 is 9.53 Å². The summed E-state index contributed by atoms with van der Waals surface area (Å²) in [5.74, 6) is 0.552. The molecule has 25 heavy (non-hydrogen) atoms. The van der Waals surface area contributed by atoms with E-state index in [0.717, 1.165) is 5.56 Å². The zero-order valence-corrected chi connectivity index (χ0v) is 15.9. The van der Waals surface area contributed by atoms with Crippen molar-refractivity contribution >= 4 is 29.3 Å². The van der Waals surface area contributed by atoms with Gasteiger partial charge in [-0.15, -0.1) is 11.8 Å². The first-order valence-corrected chi connectivity index (χ1v) is 9.57. The number of ether oxygens (including phenoxy) is 1. The minimum Gasteiger partial charge on any atom is -0.470 e. The lowest BCUT2D eigenvalue weighted by Crippen LogP contribution is -2.56. The maximum atomic E-state index is 12.3.